The van der Waals surface area contributed by atoms with Crippen LogP contribution in [0.5, 0.6) is 5.75 Å². The van der Waals surface area contributed by atoms with E-state index in [9.17, 15) is 18.3 Å². The van der Waals surface area contributed by atoms with Gasteiger partial charge in [0.05, 0.1) is 17.4 Å². The van der Waals surface area contributed by atoms with E-state index in [1.807, 2.05) is 18.2 Å². The molecule has 1 fully saturated rings. The topological polar surface area (TPSA) is 74.7 Å². The molecule has 0 saturated carbocycles. The van der Waals surface area contributed by atoms with Crippen LogP contribution in [-0.2, 0) is 14.6 Å². The van der Waals surface area contributed by atoms with Crippen LogP contribution >= 0.6 is 0 Å². The number of sulfone groups is 1. The normalized spacial score (nSPS) is 24.1. The van der Waals surface area contributed by atoms with E-state index in [1.165, 1.54) is 0 Å². The van der Waals surface area contributed by atoms with Crippen molar-refractivity contribution in [2.24, 2.45) is 5.92 Å². The predicted molar refractivity (Wildman–Crippen MR) is 84.0 cm³/mol. The number of phenols is 1. The maximum atomic E-state index is 12.4. The molecule has 3 rings (SSSR count). The van der Waals surface area contributed by atoms with Gasteiger partial charge in [0.1, 0.15) is 5.75 Å². The maximum Gasteiger partial charge on any atom is 0.227 e. The molecule has 22 heavy (non-hydrogen) atoms. The summed E-state index contributed by atoms with van der Waals surface area (Å²) < 4.78 is 23.0. The molecule has 0 radical (unpaired) electrons. The second-order valence-corrected chi connectivity index (χ2v) is 8.14. The standard InChI is InChI=1S/C16H19NO4S/c18-15-3-1-12(2-4-15)13-5-8-17(9-6-13)16(19)14-7-10-22(20,21)11-14/h1-5,14,18H,6-11H2/t14-/m1/s1. The summed E-state index contributed by atoms with van der Waals surface area (Å²) in [5.74, 6) is -0.0435. The van der Waals surface area contributed by atoms with Crippen molar-refractivity contribution in [1.29, 1.82) is 0 Å². The Morgan fingerprint density at radius 2 is 1.95 bits per heavy atom. The summed E-state index contributed by atoms with van der Waals surface area (Å²) in [6.45, 7) is 1.13. The maximum absolute atomic E-state index is 12.4. The summed E-state index contributed by atoms with van der Waals surface area (Å²) in [4.78, 5) is 14.1. The summed E-state index contributed by atoms with van der Waals surface area (Å²) in [7, 11) is -3.02. The first-order valence-electron chi connectivity index (χ1n) is 7.42. The fourth-order valence-corrected chi connectivity index (χ4v) is 4.79. The SMILES string of the molecule is O=C([C@@H]1CCS(=O)(=O)C1)N1CC=C(c2ccc(O)cc2)CC1. The Labute approximate surface area is 130 Å². The van der Waals surface area contributed by atoms with E-state index in [0.29, 0.717) is 19.5 Å². The van der Waals surface area contributed by atoms with Gasteiger partial charge in [0.2, 0.25) is 5.91 Å². The average molecular weight is 321 g/mol. The first kappa shape index (κ1) is 15.1. The molecule has 2 aliphatic rings. The van der Waals surface area contributed by atoms with Crippen LogP contribution in [0.1, 0.15) is 18.4 Å². The van der Waals surface area contributed by atoms with Crippen LogP contribution in [0.15, 0.2) is 30.3 Å². The molecule has 5 nitrogen and oxygen atoms in total. The first-order valence-corrected chi connectivity index (χ1v) is 9.24. The minimum Gasteiger partial charge on any atom is -0.508 e. The Bertz CT molecular complexity index is 706. The van der Waals surface area contributed by atoms with E-state index in [0.717, 1.165) is 17.6 Å². The van der Waals surface area contributed by atoms with E-state index in [2.05, 4.69) is 0 Å². The van der Waals surface area contributed by atoms with Gasteiger partial charge in [0.15, 0.2) is 9.84 Å². The Morgan fingerprint density at radius 3 is 2.50 bits per heavy atom. The third kappa shape index (κ3) is 3.16. The molecule has 1 amide bonds. The lowest BCUT2D eigenvalue weighted by molar-refractivity contribution is -0.134. The lowest BCUT2D eigenvalue weighted by Gasteiger charge is -2.28. The van der Waals surface area contributed by atoms with Crippen molar-refractivity contribution < 1.29 is 18.3 Å². The number of rotatable bonds is 2. The van der Waals surface area contributed by atoms with Crippen LogP contribution in [0.25, 0.3) is 5.57 Å². The van der Waals surface area contributed by atoms with Crippen molar-refractivity contribution in [3.8, 4) is 5.75 Å². The fraction of sp³-hybridized carbons (Fsp3) is 0.438. The first-order chi connectivity index (χ1) is 10.4. The Balaban J connectivity index is 1.66. The van der Waals surface area contributed by atoms with Gasteiger partial charge in [0.25, 0.3) is 0 Å². The van der Waals surface area contributed by atoms with Crippen molar-refractivity contribution in [1.82, 2.24) is 4.90 Å². The molecule has 0 aliphatic carbocycles. The van der Waals surface area contributed by atoms with E-state index < -0.39 is 9.84 Å². The minimum atomic E-state index is -3.02. The second-order valence-electron chi connectivity index (χ2n) is 5.91. The zero-order valence-corrected chi connectivity index (χ0v) is 13.1. The van der Waals surface area contributed by atoms with Crippen molar-refractivity contribution >= 4 is 21.3 Å². The van der Waals surface area contributed by atoms with Crippen LogP contribution in [0.4, 0.5) is 0 Å². The Morgan fingerprint density at radius 1 is 1.23 bits per heavy atom. The van der Waals surface area contributed by atoms with E-state index >= 15 is 0 Å². The second kappa shape index (κ2) is 5.76. The van der Waals surface area contributed by atoms with E-state index in [4.69, 9.17) is 0 Å². The highest BCUT2D eigenvalue weighted by Crippen LogP contribution is 2.26. The Hall–Kier alpha value is -1.82. The lowest BCUT2D eigenvalue weighted by atomic mass is 9.98. The molecule has 0 aromatic heterocycles. The van der Waals surface area contributed by atoms with Crippen molar-refractivity contribution in [3.63, 3.8) is 0 Å². The van der Waals surface area contributed by atoms with Gasteiger partial charge in [-0.05, 0) is 36.1 Å². The zero-order chi connectivity index (χ0) is 15.7. The molecule has 1 saturated heterocycles. The van der Waals surface area contributed by atoms with Gasteiger partial charge in [-0.2, -0.15) is 0 Å². The number of nitrogens with zero attached hydrogens (tertiary/aromatic N) is 1. The molecule has 0 bridgehead atoms. The largest absolute Gasteiger partial charge is 0.508 e. The fourth-order valence-electron chi connectivity index (χ4n) is 3.05. The number of carbonyl (C=O) groups excluding carboxylic acids is 1. The van der Waals surface area contributed by atoms with E-state index in [1.54, 1.807) is 17.0 Å². The zero-order valence-electron chi connectivity index (χ0n) is 12.2. The van der Waals surface area contributed by atoms with Gasteiger partial charge in [0, 0.05) is 13.1 Å². The van der Waals surface area contributed by atoms with Crippen molar-refractivity contribution in [3.05, 3.63) is 35.9 Å². The summed E-state index contributed by atoms with van der Waals surface area (Å²) >= 11 is 0. The van der Waals surface area contributed by atoms with Gasteiger partial charge in [-0.1, -0.05) is 18.2 Å². The molecule has 2 aliphatic heterocycles. The number of carbonyl (C=O) groups is 1. The van der Waals surface area contributed by atoms with Crippen LogP contribution < -0.4 is 0 Å². The number of benzene rings is 1. The van der Waals surface area contributed by atoms with Gasteiger partial charge in [-0.25, -0.2) is 8.42 Å². The van der Waals surface area contributed by atoms with E-state index in [-0.39, 0.29) is 29.1 Å². The monoisotopic (exact) mass is 321 g/mol. The molecule has 1 atom stereocenters. The van der Waals surface area contributed by atoms with Crippen LogP contribution in [-0.4, -0.2) is 48.9 Å². The molecule has 0 unspecified atom stereocenters. The molecule has 2 heterocycles. The number of hydrogen-bond acceptors (Lipinski definition) is 4. The summed E-state index contributed by atoms with van der Waals surface area (Å²) in [5, 5.41) is 9.31. The number of aromatic hydroxyl groups is 1. The molecule has 6 heteroatoms. The van der Waals surface area contributed by atoms with Gasteiger partial charge in [-0.15, -0.1) is 0 Å². The molecule has 0 spiro atoms. The number of hydrogen-bond donors (Lipinski definition) is 1. The summed E-state index contributed by atoms with van der Waals surface area (Å²) in [5.41, 5.74) is 2.21. The van der Waals surface area contributed by atoms with Gasteiger partial charge < -0.3 is 10.0 Å². The highest BCUT2D eigenvalue weighted by Gasteiger charge is 2.35. The Kier molecular flexibility index (Phi) is 3.95. The summed E-state index contributed by atoms with van der Waals surface area (Å²) in [6, 6.07) is 7.03. The number of phenolic OH excluding ortho intramolecular Hbond substituents is 1. The molecule has 118 valence electrons. The van der Waals surface area contributed by atoms with Crippen molar-refractivity contribution in [2.45, 2.75) is 12.8 Å². The minimum absolute atomic E-state index is 0.00311. The molecule has 1 aromatic rings. The van der Waals surface area contributed by atoms with Crippen molar-refractivity contribution in [2.75, 3.05) is 24.6 Å². The van der Waals surface area contributed by atoms with Crippen LogP contribution in [0.2, 0.25) is 0 Å². The smallest absolute Gasteiger partial charge is 0.227 e. The molecular weight excluding hydrogens is 302 g/mol. The quantitative estimate of drug-likeness (QED) is 0.894. The molecular formula is C16H19NO4S. The van der Waals surface area contributed by atoms with Gasteiger partial charge >= 0.3 is 0 Å². The highest BCUT2D eigenvalue weighted by atomic mass is 32.2. The highest BCUT2D eigenvalue weighted by molar-refractivity contribution is 7.91. The van der Waals surface area contributed by atoms with Crippen LogP contribution in [0, 0.1) is 5.92 Å². The predicted octanol–water partition coefficient (Wildman–Crippen LogP) is 1.44. The number of amides is 1. The molecule has 1 N–H and O–H groups in total. The van der Waals surface area contributed by atoms with Gasteiger partial charge in [-0.3, -0.25) is 4.79 Å². The molecule has 1 aromatic carbocycles. The average Bonchev–Trinajstić information content (AvgIpc) is 2.88. The third-order valence-electron chi connectivity index (χ3n) is 4.34. The third-order valence-corrected chi connectivity index (χ3v) is 6.11. The summed E-state index contributed by atoms with van der Waals surface area (Å²) in [6.07, 6.45) is 3.21. The lowest BCUT2D eigenvalue weighted by Crippen LogP contribution is -2.39. The van der Waals surface area contributed by atoms with Crippen LogP contribution in [0.3, 0.4) is 0 Å².